The first kappa shape index (κ1) is 16.2. The highest BCUT2D eigenvalue weighted by Crippen LogP contribution is 2.58. The minimum absolute atomic E-state index is 0.701. The lowest BCUT2D eigenvalue weighted by Crippen LogP contribution is -2.34. The molecule has 0 spiro atoms. The van der Waals surface area contributed by atoms with Crippen molar-refractivity contribution in [2.45, 2.75) is 24.6 Å². The van der Waals surface area contributed by atoms with E-state index in [2.05, 4.69) is 13.6 Å². The Morgan fingerprint density at radius 2 is 1.67 bits per heavy atom. The van der Waals surface area contributed by atoms with Crippen molar-refractivity contribution in [1.29, 1.82) is 0 Å². The molecule has 1 fully saturated rings. The van der Waals surface area contributed by atoms with Crippen molar-refractivity contribution in [3.63, 3.8) is 0 Å². The lowest BCUT2D eigenvalue weighted by molar-refractivity contribution is -0.125. The average molecular weight is 310 g/mol. The molecular weight excluding hydrogens is 298 g/mol. The van der Waals surface area contributed by atoms with Gasteiger partial charge < -0.3 is 34.7 Å². The van der Waals surface area contributed by atoms with Gasteiger partial charge in [0, 0.05) is 0 Å². The number of phosphoric acid groups is 2. The van der Waals surface area contributed by atoms with Gasteiger partial charge >= 0.3 is 15.6 Å². The molecule has 0 radical (unpaired) electrons. The van der Waals surface area contributed by atoms with Crippen LogP contribution in [-0.4, -0.2) is 61.2 Å². The van der Waals surface area contributed by atoms with Crippen LogP contribution in [0.25, 0.3) is 0 Å². The minimum atomic E-state index is -5.29. The van der Waals surface area contributed by atoms with E-state index < -0.39 is 46.9 Å². The van der Waals surface area contributed by atoms with Crippen LogP contribution in [0.3, 0.4) is 0 Å². The summed E-state index contributed by atoms with van der Waals surface area (Å²) in [6.45, 7) is -0.701. The van der Waals surface area contributed by atoms with E-state index in [1.807, 2.05) is 0 Å². The van der Waals surface area contributed by atoms with E-state index >= 15 is 0 Å². The topological polar surface area (TPSA) is 183 Å². The van der Waals surface area contributed by atoms with Crippen LogP contribution in [0.15, 0.2) is 0 Å². The first-order valence-electron chi connectivity index (χ1n) is 4.46. The van der Waals surface area contributed by atoms with Gasteiger partial charge in [0.05, 0.1) is 6.61 Å². The average Bonchev–Trinajstić information content (AvgIpc) is 2.41. The van der Waals surface area contributed by atoms with E-state index in [0.717, 1.165) is 0 Å². The van der Waals surface area contributed by atoms with Gasteiger partial charge in [-0.15, -0.1) is 0 Å². The molecule has 5 atom stereocenters. The van der Waals surface area contributed by atoms with Crippen LogP contribution >= 0.6 is 15.6 Å². The summed E-state index contributed by atoms with van der Waals surface area (Å²) in [6.07, 6.45) is -6.52. The third-order valence-electron chi connectivity index (χ3n) is 1.95. The van der Waals surface area contributed by atoms with Crippen LogP contribution in [0, 0.1) is 0 Å². The van der Waals surface area contributed by atoms with Crippen molar-refractivity contribution in [3.8, 4) is 0 Å². The Hall–Kier alpha value is 0.1000. The van der Waals surface area contributed by atoms with E-state index in [1.54, 1.807) is 0 Å². The van der Waals surface area contributed by atoms with Crippen molar-refractivity contribution in [1.82, 2.24) is 0 Å². The Morgan fingerprint density at radius 1 is 1.11 bits per heavy atom. The van der Waals surface area contributed by atoms with Crippen molar-refractivity contribution in [3.05, 3.63) is 0 Å². The van der Waals surface area contributed by atoms with E-state index in [4.69, 9.17) is 19.8 Å². The molecule has 0 aromatic carbocycles. The van der Waals surface area contributed by atoms with Gasteiger partial charge in [-0.3, -0.25) is 4.52 Å². The van der Waals surface area contributed by atoms with Gasteiger partial charge in [0.1, 0.15) is 18.3 Å². The molecule has 6 N–H and O–H groups in total. The molecule has 1 saturated heterocycles. The molecule has 11 nitrogen and oxygen atoms in total. The zero-order valence-corrected chi connectivity index (χ0v) is 10.4. The SMILES string of the molecule is O=P(O)(O)OP(=O)(O)OC1O[C@H](CO)[C@@H](O)[C@H]1O. The summed E-state index contributed by atoms with van der Waals surface area (Å²) in [5.41, 5.74) is 0. The summed E-state index contributed by atoms with van der Waals surface area (Å²) in [4.78, 5) is 25.6. The molecule has 2 unspecified atom stereocenters. The summed E-state index contributed by atoms with van der Waals surface area (Å²) >= 11 is 0. The van der Waals surface area contributed by atoms with Crippen LogP contribution in [0.1, 0.15) is 0 Å². The Balaban J connectivity index is 2.68. The molecule has 1 rings (SSSR count). The summed E-state index contributed by atoms with van der Waals surface area (Å²) in [5, 5.41) is 27.3. The zero-order valence-electron chi connectivity index (χ0n) is 8.64. The highest BCUT2D eigenvalue weighted by molar-refractivity contribution is 7.60. The van der Waals surface area contributed by atoms with Gasteiger partial charge in [-0.2, -0.15) is 4.31 Å². The second-order valence-electron chi connectivity index (χ2n) is 3.35. The first-order valence-corrected chi connectivity index (χ1v) is 7.49. The molecule has 0 aromatic heterocycles. The molecule has 0 amide bonds. The molecule has 108 valence electrons. The van der Waals surface area contributed by atoms with E-state index in [0.29, 0.717) is 0 Å². The van der Waals surface area contributed by atoms with Crippen molar-refractivity contribution in [2.75, 3.05) is 6.61 Å². The lowest BCUT2D eigenvalue weighted by atomic mass is 10.1. The summed E-state index contributed by atoms with van der Waals surface area (Å²) < 4.78 is 33.7. The number of rotatable bonds is 5. The number of phosphoric ester groups is 1. The lowest BCUT2D eigenvalue weighted by Gasteiger charge is -2.18. The molecule has 0 bridgehead atoms. The summed E-state index contributed by atoms with van der Waals surface area (Å²) in [6, 6.07) is 0. The number of aliphatic hydroxyl groups is 3. The molecule has 13 heteroatoms. The molecule has 0 aromatic rings. The van der Waals surface area contributed by atoms with Crippen LogP contribution in [-0.2, 0) is 22.7 Å². The maximum atomic E-state index is 11.1. The molecule has 1 aliphatic rings. The highest BCUT2D eigenvalue weighted by Gasteiger charge is 2.47. The highest BCUT2D eigenvalue weighted by atomic mass is 31.3. The second kappa shape index (κ2) is 5.61. The van der Waals surface area contributed by atoms with Crippen molar-refractivity contribution < 1.29 is 52.7 Å². The number of hydrogen-bond donors (Lipinski definition) is 6. The fraction of sp³-hybridized carbons (Fsp3) is 1.00. The standard InChI is InChI=1S/C5H12O11P2/c6-1-2-3(7)4(8)5(14-2)15-18(12,13)16-17(9,10)11/h2-8H,1H2,(H,12,13)(H2,9,10,11)/t2-,3-,4-,5?/m1/s1. The van der Waals surface area contributed by atoms with Crippen LogP contribution in [0.2, 0.25) is 0 Å². The summed E-state index contributed by atoms with van der Waals surface area (Å²) in [5.74, 6) is 0. The second-order valence-corrected chi connectivity index (χ2v) is 6.14. The van der Waals surface area contributed by atoms with Crippen LogP contribution in [0.4, 0.5) is 0 Å². The third kappa shape index (κ3) is 4.34. The fourth-order valence-corrected chi connectivity index (χ4v) is 2.90. The Morgan fingerprint density at radius 3 is 2.06 bits per heavy atom. The molecule has 0 saturated carbocycles. The molecule has 18 heavy (non-hydrogen) atoms. The van der Waals surface area contributed by atoms with Crippen molar-refractivity contribution >= 4 is 15.6 Å². The maximum Gasteiger partial charge on any atom is 0.483 e. The van der Waals surface area contributed by atoms with Gasteiger partial charge in [-0.25, -0.2) is 9.13 Å². The maximum absolute atomic E-state index is 11.1. The van der Waals surface area contributed by atoms with E-state index in [1.165, 1.54) is 0 Å². The Labute approximate surface area is 100 Å². The van der Waals surface area contributed by atoms with Crippen LogP contribution < -0.4 is 0 Å². The van der Waals surface area contributed by atoms with Gasteiger partial charge in [0.15, 0.2) is 6.29 Å². The molecule has 1 heterocycles. The summed E-state index contributed by atoms with van der Waals surface area (Å²) in [7, 11) is -10.5. The molecule has 0 aliphatic carbocycles. The predicted octanol–water partition coefficient (Wildman–Crippen LogP) is -2.35. The van der Waals surface area contributed by atoms with Gasteiger partial charge in [0.2, 0.25) is 0 Å². The third-order valence-corrected chi connectivity index (χ3v) is 4.10. The largest absolute Gasteiger partial charge is 0.483 e. The number of aliphatic hydroxyl groups excluding tert-OH is 3. The predicted molar refractivity (Wildman–Crippen MR) is 51.8 cm³/mol. The smallest absolute Gasteiger partial charge is 0.394 e. The minimum Gasteiger partial charge on any atom is -0.394 e. The normalized spacial score (nSPS) is 36.6. The number of ether oxygens (including phenoxy) is 1. The molecule has 1 aliphatic heterocycles. The van der Waals surface area contributed by atoms with E-state index in [-0.39, 0.29) is 0 Å². The van der Waals surface area contributed by atoms with Gasteiger partial charge in [-0.1, -0.05) is 0 Å². The molecular formula is C5H12O11P2. The number of hydrogen-bond acceptors (Lipinski definition) is 8. The van der Waals surface area contributed by atoms with Gasteiger partial charge in [0.25, 0.3) is 0 Å². The zero-order chi connectivity index (χ0) is 14.1. The quantitative estimate of drug-likeness (QED) is 0.299. The van der Waals surface area contributed by atoms with E-state index in [9.17, 15) is 19.3 Å². The van der Waals surface area contributed by atoms with Crippen molar-refractivity contribution in [2.24, 2.45) is 0 Å². The Kier molecular flexibility index (Phi) is 5.04. The first-order chi connectivity index (χ1) is 8.06. The Bertz CT molecular complexity index is 378. The van der Waals surface area contributed by atoms with Gasteiger partial charge in [-0.05, 0) is 0 Å². The fourth-order valence-electron chi connectivity index (χ4n) is 1.24. The monoisotopic (exact) mass is 310 g/mol. The van der Waals surface area contributed by atoms with Crippen LogP contribution in [0.5, 0.6) is 0 Å².